The lowest BCUT2D eigenvalue weighted by atomic mass is 9.92. The molecule has 42 heavy (non-hydrogen) atoms. The molecule has 0 fully saturated rings. The Kier molecular flexibility index (Phi) is 22.1. The molecule has 7 nitrogen and oxygen atoms in total. The first-order valence-corrected chi connectivity index (χ1v) is 18.2. The minimum Gasteiger partial charge on any atom is -0.379 e. The van der Waals surface area contributed by atoms with Gasteiger partial charge in [-0.2, -0.15) is 0 Å². The van der Waals surface area contributed by atoms with Crippen LogP contribution in [-0.2, 0) is 18.6 Å². The minimum atomic E-state index is -2.11. The SMILES string of the molecule is CCCCCCCCCCCCCCCC(=O)NC(C)(C)CCCC(C)(C)OP(O)OC(C)(N)CCCC(C)(C)OC. The van der Waals surface area contributed by atoms with Crippen LogP contribution in [-0.4, -0.2) is 40.4 Å². The van der Waals surface area contributed by atoms with Gasteiger partial charge in [0.2, 0.25) is 5.91 Å². The Bertz CT molecular complexity index is 685. The summed E-state index contributed by atoms with van der Waals surface area (Å²) in [5.41, 5.74) is 4.25. The summed E-state index contributed by atoms with van der Waals surface area (Å²) in [6.07, 6.45) is 22.3. The van der Waals surface area contributed by atoms with Gasteiger partial charge in [0, 0.05) is 19.1 Å². The summed E-state index contributed by atoms with van der Waals surface area (Å²) >= 11 is 0. The summed E-state index contributed by atoms with van der Waals surface area (Å²) in [6.45, 7) is 16.2. The van der Waals surface area contributed by atoms with Crippen LogP contribution in [0, 0.1) is 0 Å². The lowest BCUT2D eigenvalue weighted by molar-refractivity contribution is -0.122. The molecule has 2 atom stereocenters. The number of nitrogens with two attached hydrogens (primary N) is 1. The molecule has 2 unspecified atom stereocenters. The van der Waals surface area contributed by atoms with Crippen molar-refractivity contribution in [3.63, 3.8) is 0 Å². The fourth-order valence-corrected chi connectivity index (χ4v) is 6.23. The monoisotopic (exact) mass is 619 g/mol. The molecule has 0 spiro atoms. The smallest absolute Gasteiger partial charge is 0.332 e. The Hall–Kier alpha value is -0.300. The normalized spacial score (nSPS) is 15.0. The number of hydrogen-bond donors (Lipinski definition) is 3. The van der Waals surface area contributed by atoms with E-state index in [9.17, 15) is 9.69 Å². The molecule has 0 bridgehead atoms. The molecular weight excluding hydrogens is 547 g/mol. The molecule has 0 radical (unpaired) electrons. The number of rotatable bonds is 28. The summed E-state index contributed by atoms with van der Waals surface area (Å²) in [5, 5.41) is 3.22. The maximum Gasteiger partial charge on any atom is 0.332 e. The van der Waals surface area contributed by atoms with Crippen molar-refractivity contribution < 1.29 is 23.5 Å². The molecule has 0 aliphatic heterocycles. The maximum atomic E-state index is 12.5. The van der Waals surface area contributed by atoms with Gasteiger partial charge in [-0.15, -0.1) is 0 Å². The summed E-state index contributed by atoms with van der Waals surface area (Å²) in [7, 11) is -0.403. The molecule has 0 rings (SSSR count). The molecule has 0 aromatic rings. The highest BCUT2D eigenvalue weighted by Crippen LogP contribution is 2.44. The van der Waals surface area contributed by atoms with Crippen molar-refractivity contribution in [2.75, 3.05) is 7.11 Å². The predicted octanol–water partition coefficient (Wildman–Crippen LogP) is 9.83. The largest absolute Gasteiger partial charge is 0.379 e. The van der Waals surface area contributed by atoms with E-state index in [1.54, 1.807) is 14.0 Å². The number of nitrogens with one attached hydrogen (secondary N) is 1. The third-order valence-corrected chi connectivity index (χ3v) is 9.41. The van der Waals surface area contributed by atoms with Gasteiger partial charge in [-0.05, 0) is 93.4 Å². The van der Waals surface area contributed by atoms with E-state index < -0.39 is 19.9 Å². The first kappa shape index (κ1) is 41.7. The van der Waals surface area contributed by atoms with E-state index in [0.717, 1.165) is 44.9 Å². The van der Waals surface area contributed by atoms with Crippen LogP contribution in [0.3, 0.4) is 0 Å². The molecule has 0 aromatic heterocycles. The molecule has 252 valence electrons. The Morgan fingerprint density at radius 3 is 1.62 bits per heavy atom. The summed E-state index contributed by atoms with van der Waals surface area (Å²) < 4.78 is 17.0. The highest BCUT2D eigenvalue weighted by Gasteiger charge is 2.31. The van der Waals surface area contributed by atoms with Crippen molar-refractivity contribution in [1.82, 2.24) is 5.32 Å². The number of ether oxygens (including phenoxy) is 1. The van der Waals surface area contributed by atoms with Crippen LogP contribution in [0.2, 0.25) is 0 Å². The predicted molar refractivity (Wildman–Crippen MR) is 179 cm³/mol. The topological polar surface area (TPSA) is 103 Å². The maximum absolute atomic E-state index is 12.5. The molecule has 1 amide bonds. The lowest BCUT2D eigenvalue weighted by Gasteiger charge is -2.33. The summed E-state index contributed by atoms with van der Waals surface area (Å²) in [6, 6.07) is 0. The molecule has 0 saturated carbocycles. The van der Waals surface area contributed by atoms with Gasteiger partial charge in [-0.25, -0.2) is 0 Å². The zero-order valence-corrected chi connectivity index (χ0v) is 30.1. The van der Waals surface area contributed by atoms with Crippen LogP contribution in [0.25, 0.3) is 0 Å². The second-order valence-corrected chi connectivity index (χ2v) is 15.4. The third kappa shape index (κ3) is 25.1. The lowest BCUT2D eigenvalue weighted by Crippen LogP contribution is -2.43. The van der Waals surface area contributed by atoms with Crippen molar-refractivity contribution in [2.45, 2.75) is 206 Å². The van der Waals surface area contributed by atoms with Crippen LogP contribution in [0.4, 0.5) is 0 Å². The van der Waals surface area contributed by atoms with Gasteiger partial charge in [0.15, 0.2) is 0 Å². The Morgan fingerprint density at radius 1 is 0.667 bits per heavy atom. The minimum absolute atomic E-state index is 0.141. The quantitative estimate of drug-likeness (QED) is 0.0458. The van der Waals surface area contributed by atoms with Gasteiger partial charge in [-0.1, -0.05) is 84.0 Å². The number of carbonyl (C=O) groups excluding carboxylic acids is 1. The number of hydrogen-bond acceptors (Lipinski definition) is 6. The van der Waals surface area contributed by atoms with E-state index >= 15 is 0 Å². The highest BCUT2D eigenvalue weighted by atomic mass is 31.2. The van der Waals surface area contributed by atoms with Crippen molar-refractivity contribution in [2.24, 2.45) is 5.73 Å². The summed E-state index contributed by atoms with van der Waals surface area (Å²) in [5.74, 6) is 0.141. The first-order valence-electron chi connectivity index (χ1n) is 17.1. The van der Waals surface area contributed by atoms with Crippen LogP contribution in [0.1, 0.15) is 184 Å². The van der Waals surface area contributed by atoms with Gasteiger partial charge >= 0.3 is 8.60 Å². The molecule has 4 N–H and O–H groups in total. The number of carbonyl (C=O) groups is 1. The van der Waals surface area contributed by atoms with Crippen LogP contribution >= 0.6 is 8.60 Å². The van der Waals surface area contributed by atoms with E-state index in [1.807, 2.05) is 27.7 Å². The summed E-state index contributed by atoms with van der Waals surface area (Å²) in [4.78, 5) is 23.0. The fraction of sp³-hybridized carbons (Fsp3) is 0.971. The zero-order chi connectivity index (χ0) is 32.1. The molecular formula is C34H71N2O5P. The number of methoxy groups -OCH3 is 1. The van der Waals surface area contributed by atoms with E-state index in [1.165, 1.54) is 70.6 Å². The van der Waals surface area contributed by atoms with Crippen molar-refractivity contribution >= 4 is 14.5 Å². The molecule has 0 aliphatic carbocycles. The Balaban J connectivity index is 4.07. The molecule has 0 heterocycles. The van der Waals surface area contributed by atoms with Crippen molar-refractivity contribution in [3.8, 4) is 0 Å². The number of amides is 1. The van der Waals surface area contributed by atoms with Gasteiger partial charge in [0.1, 0.15) is 5.72 Å². The van der Waals surface area contributed by atoms with Gasteiger partial charge in [-0.3, -0.25) is 9.32 Å². The van der Waals surface area contributed by atoms with Crippen LogP contribution in [0.5, 0.6) is 0 Å². The zero-order valence-electron chi connectivity index (χ0n) is 29.2. The van der Waals surface area contributed by atoms with E-state index in [-0.39, 0.29) is 17.0 Å². The first-order chi connectivity index (χ1) is 19.5. The van der Waals surface area contributed by atoms with Crippen LogP contribution < -0.4 is 11.1 Å². The van der Waals surface area contributed by atoms with E-state index in [4.69, 9.17) is 19.5 Å². The van der Waals surface area contributed by atoms with Crippen molar-refractivity contribution in [3.05, 3.63) is 0 Å². The average Bonchev–Trinajstić information content (AvgIpc) is 2.85. The highest BCUT2D eigenvalue weighted by molar-refractivity contribution is 7.40. The average molecular weight is 619 g/mol. The molecule has 0 aromatic carbocycles. The number of unbranched alkanes of at least 4 members (excludes halogenated alkanes) is 12. The van der Waals surface area contributed by atoms with Gasteiger partial charge < -0.3 is 25.2 Å². The standard InChI is InChI=1S/C34H71N2O5P/c1-10-11-12-13-14-15-16-17-18-19-20-21-22-25-30(37)36-31(2,3)26-23-28-33(6,7)40-42(38)41-34(8,35)29-24-27-32(4,5)39-9/h38H,10-29,35H2,1-9H3,(H,36,37). The van der Waals surface area contributed by atoms with E-state index in [0.29, 0.717) is 12.8 Å². The molecule has 8 heteroatoms. The Labute approximate surface area is 262 Å². The van der Waals surface area contributed by atoms with Crippen LogP contribution in [0.15, 0.2) is 0 Å². The Morgan fingerprint density at radius 2 is 1.12 bits per heavy atom. The second kappa shape index (κ2) is 22.2. The fourth-order valence-electron chi connectivity index (χ4n) is 5.23. The second-order valence-electron chi connectivity index (χ2n) is 14.6. The van der Waals surface area contributed by atoms with Crippen molar-refractivity contribution in [1.29, 1.82) is 0 Å². The molecule has 0 saturated heterocycles. The molecule has 0 aliphatic rings. The third-order valence-electron chi connectivity index (χ3n) is 8.18. The van der Waals surface area contributed by atoms with Gasteiger partial charge in [0.05, 0.1) is 11.2 Å². The van der Waals surface area contributed by atoms with E-state index in [2.05, 4.69) is 26.1 Å². The van der Waals surface area contributed by atoms with Gasteiger partial charge in [0.25, 0.3) is 0 Å².